The normalized spacial score (nSPS) is 14.2. The van der Waals surface area contributed by atoms with Crippen molar-refractivity contribution in [3.05, 3.63) is 117 Å². The quantitative estimate of drug-likeness (QED) is 0.178. The van der Waals surface area contributed by atoms with Crippen LogP contribution >= 0.6 is 38.9 Å². The van der Waals surface area contributed by atoms with Gasteiger partial charge in [-0.05, 0) is 111 Å². The van der Waals surface area contributed by atoms with E-state index in [1.807, 2.05) is 101 Å². The minimum atomic E-state index is -1.18. The Hall–Kier alpha value is -4.94. The maximum absolute atomic E-state index is 12.6. The topological polar surface area (TPSA) is 113 Å². The third-order valence-electron chi connectivity index (χ3n) is 9.60. The van der Waals surface area contributed by atoms with E-state index >= 15 is 0 Å². The van der Waals surface area contributed by atoms with Crippen molar-refractivity contribution in [2.75, 3.05) is 23.9 Å². The van der Waals surface area contributed by atoms with Gasteiger partial charge in [-0.1, -0.05) is 45.7 Å². The molecule has 9 nitrogen and oxygen atoms in total. The van der Waals surface area contributed by atoms with Gasteiger partial charge >= 0.3 is 5.97 Å². The molecule has 6 aromatic rings. The lowest BCUT2D eigenvalue weighted by molar-refractivity contribution is -0.160. The zero-order valence-corrected chi connectivity index (χ0v) is 34.3. The molecule has 0 spiro atoms. The number of carbonyl (C=O) groups is 3. The second-order valence-electron chi connectivity index (χ2n) is 14.6. The molecule has 2 aliphatic heterocycles. The number of aryl methyl sites for hydroxylation is 1. The van der Waals surface area contributed by atoms with Crippen LogP contribution in [-0.2, 0) is 32.0 Å². The number of fused-ring (bicyclic) bond motifs is 3. The number of thiazole rings is 1. The molecule has 0 unspecified atom stereocenters. The van der Waals surface area contributed by atoms with Gasteiger partial charge in [-0.15, -0.1) is 11.3 Å². The summed E-state index contributed by atoms with van der Waals surface area (Å²) >= 11 is 11.1. The zero-order valence-electron chi connectivity index (χ0n) is 31.1. The van der Waals surface area contributed by atoms with Crippen LogP contribution in [0, 0.1) is 6.92 Å². The molecule has 0 fully saturated rings. The number of anilines is 2. The Morgan fingerprint density at radius 3 is 2.13 bits per heavy atom. The first kappa shape index (κ1) is 38.3. The van der Waals surface area contributed by atoms with Gasteiger partial charge in [-0.25, -0.2) is 9.78 Å². The van der Waals surface area contributed by atoms with E-state index in [0.717, 1.165) is 75.7 Å². The SMILES string of the molecule is CN1C(=O)Cc2cc(Br)ccc21.Cc1cc2nc(-c3ccnc(-c4ccc5c(c4)CC(=O)N5C)c3)sc2c(-c2ccc(Cl)cc2)c1[C@H](OC(C)(C)C)C(=O)O. The number of hydrogen-bond acceptors (Lipinski definition) is 7. The van der Waals surface area contributed by atoms with Crippen LogP contribution in [0.3, 0.4) is 0 Å². The first-order valence-corrected chi connectivity index (χ1v) is 19.6. The summed E-state index contributed by atoms with van der Waals surface area (Å²) in [5, 5.41) is 11.7. The van der Waals surface area contributed by atoms with Crippen molar-refractivity contribution in [3.8, 4) is 33.0 Å². The number of aliphatic carboxylic acids is 1. The summed E-state index contributed by atoms with van der Waals surface area (Å²) in [5.41, 5.74) is 9.70. The van der Waals surface area contributed by atoms with E-state index in [1.54, 1.807) is 35.2 Å². The predicted octanol–water partition coefficient (Wildman–Crippen LogP) is 10.1. The Morgan fingerprint density at radius 1 is 0.873 bits per heavy atom. The number of carboxylic acids is 1. The van der Waals surface area contributed by atoms with E-state index < -0.39 is 17.7 Å². The number of pyridine rings is 1. The molecule has 0 saturated carbocycles. The Labute approximate surface area is 336 Å². The van der Waals surface area contributed by atoms with Gasteiger partial charge in [0.15, 0.2) is 6.10 Å². The maximum Gasteiger partial charge on any atom is 0.337 e. The van der Waals surface area contributed by atoms with E-state index in [4.69, 9.17) is 21.3 Å². The molecule has 2 amide bonds. The summed E-state index contributed by atoms with van der Waals surface area (Å²) in [6.07, 6.45) is 1.49. The van der Waals surface area contributed by atoms with Gasteiger partial charge in [0.25, 0.3) is 0 Å². The van der Waals surface area contributed by atoms with E-state index in [9.17, 15) is 19.5 Å². The molecule has 280 valence electrons. The van der Waals surface area contributed by atoms with E-state index in [0.29, 0.717) is 23.4 Å². The number of benzene rings is 4. The maximum atomic E-state index is 12.6. The van der Waals surface area contributed by atoms with Crippen LogP contribution < -0.4 is 9.80 Å². The van der Waals surface area contributed by atoms with Crippen LogP contribution in [0.15, 0.2) is 89.5 Å². The van der Waals surface area contributed by atoms with Crippen molar-refractivity contribution in [2.45, 2.75) is 52.2 Å². The van der Waals surface area contributed by atoms with Gasteiger partial charge in [-0.3, -0.25) is 14.6 Å². The molecule has 0 aliphatic carbocycles. The third kappa shape index (κ3) is 7.80. The summed E-state index contributed by atoms with van der Waals surface area (Å²) in [5.74, 6) is -0.811. The van der Waals surface area contributed by atoms with Crippen LogP contribution in [0.5, 0.6) is 0 Å². The molecule has 4 heterocycles. The molecule has 12 heteroatoms. The van der Waals surface area contributed by atoms with Gasteiger partial charge in [0, 0.05) is 63.4 Å². The lowest BCUT2D eigenvalue weighted by Crippen LogP contribution is -2.28. The average molecular weight is 838 g/mol. The number of amides is 2. The highest BCUT2D eigenvalue weighted by molar-refractivity contribution is 9.10. The first-order valence-electron chi connectivity index (χ1n) is 17.6. The van der Waals surface area contributed by atoms with Crippen LogP contribution in [0.1, 0.15) is 49.1 Å². The lowest BCUT2D eigenvalue weighted by atomic mass is 9.91. The fourth-order valence-electron chi connectivity index (χ4n) is 6.95. The van der Waals surface area contributed by atoms with Crippen molar-refractivity contribution in [2.24, 2.45) is 0 Å². The Morgan fingerprint density at radius 2 is 1.49 bits per heavy atom. The summed E-state index contributed by atoms with van der Waals surface area (Å²) < 4.78 is 8.02. The van der Waals surface area contributed by atoms with Gasteiger partial charge < -0.3 is 19.6 Å². The van der Waals surface area contributed by atoms with Crippen LogP contribution in [0.25, 0.3) is 43.2 Å². The number of carbonyl (C=O) groups excluding carboxylic acids is 2. The number of hydrogen-bond donors (Lipinski definition) is 1. The number of carboxylic acid groups (broad SMARTS) is 1. The molecule has 2 aromatic heterocycles. The molecular formula is C43H38BrClN4O5S. The van der Waals surface area contributed by atoms with E-state index in [2.05, 4.69) is 20.9 Å². The molecule has 4 aromatic carbocycles. The highest BCUT2D eigenvalue weighted by Crippen LogP contribution is 2.45. The molecule has 8 rings (SSSR count). The van der Waals surface area contributed by atoms with Crippen molar-refractivity contribution in [3.63, 3.8) is 0 Å². The number of aromatic nitrogens is 2. The summed E-state index contributed by atoms with van der Waals surface area (Å²) in [4.78, 5) is 49.1. The van der Waals surface area contributed by atoms with Crippen molar-refractivity contribution in [1.82, 2.24) is 9.97 Å². The predicted molar refractivity (Wildman–Crippen MR) is 223 cm³/mol. The summed E-state index contributed by atoms with van der Waals surface area (Å²) in [6, 6.07) is 25.1. The molecule has 1 N–H and O–H groups in total. The molecule has 0 saturated heterocycles. The van der Waals surface area contributed by atoms with Crippen LogP contribution in [0.2, 0.25) is 5.02 Å². The number of halogens is 2. The second kappa shape index (κ2) is 15.0. The Balaban J connectivity index is 0.000000328. The molecule has 0 radical (unpaired) electrons. The third-order valence-corrected chi connectivity index (χ3v) is 11.5. The first-order chi connectivity index (χ1) is 26.1. The van der Waals surface area contributed by atoms with E-state index in [-0.39, 0.29) is 11.8 Å². The van der Waals surface area contributed by atoms with Crippen LogP contribution in [0.4, 0.5) is 11.4 Å². The van der Waals surface area contributed by atoms with Gasteiger partial charge in [0.2, 0.25) is 11.8 Å². The highest BCUT2D eigenvalue weighted by atomic mass is 79.9. The minimum Gasteiger partial charge on any atom is -0.479 e. The largest absolute Gasteiger partial charge is 0.479 e. The van der Waals surface area contributed by atoms with Gasteiger partial charge in [-0.2, -0.15) is 0 Å². The fraction of sp³-hybridized carbons (Fsp3) is 0.233. The number of nitrogens with zero attached hydrogens (tertiary/aromatic N) is 4. The van der Waals surface area contributed by atoms with Crippen LogP contribution in [-0.4, -0.2) is 52.6 Å². The Kier molecular flexibility index (Phi) is 10.4. The average Bonchev–Trinajstić information content (AvgIpc) is 3.78. The molecule has 2 aliphatic rings. The number of ether oxygens (including phenoxy) is 1. The zero-order chi connectivity index (χ0) is 39.3. The smallest absolute Gasteiger partial charge is 0.337 e. The fourth-order valence-corrected chi connectivity index (χ4v) is 8.61. The van der Waals surface area contributed by atoms with Crippen molar-refractivity contribution < 1.29 is 24.2 Å². The van der Waals surface area contributed by atoms with E-state index in [1.165, 1.54) is 11.3 Å². The Bertz CT molecular complexity index is 2510. The van der Waals surface area contributed by atoms with Crippen molar-refractivity contribution >= 4 is 78.2 Å². The monoisotopic (exact) mass is 836 g/mol. The lowest BCUT2D eigenvalue weighted by Gasteiger charge is -2.28. The molecule has 1 atom stereocenters. The van der Waals surface area contributed by atoms with Gasteiger partial charge in [0.1, 0.15) is 5.01 Å². The second-order valence-corrected chi connectivity index (χ2v) is 17.0. The summed E-state index contributed by atoms with van der Waals surface area (Å²) in [6.45, 7) is 7.45. The molecular weight excluding hydrogens is 800 g/mol. The number of likely N-dealkylation sites (N-methyl/N-ethyl adjacent to an activating group) is 2. The number of rotatable bonds is 6. The van der Waals surface area contributed by atoms with Gasteiger partial charge in [0.05, 0.1) is 34.4 Å². The minimum absolute atomic E-state index is 0.0764. The molecule has 0 bridgehead atoms. The van der Waals surface area contributed by atoms with Crippen molar-refractivity contribution in [1.29, 1.82) is 0 Å². The standard InChI is InChI=1S/C34H30ClN3O4S.C9H8BrNO/c1-18-14-25-31(29(19-6-9-23(35)10-7-19)28(18)30(33(40)41)42-34(2,3)4)43-32(37-25)21-12-13-36-24(16-21)20-8-11-26-22(15-20)17-27(39)38(26)5;1-11-8-3-2-7(10)4-6(8)5-9(11)12/h6-16,30H,17H2,1-5H3,(H,40,41);2-4H,5H2,1H3/t30-;/m0./s1. The highest BCUT2D eigenvalue weighted by Gasteiger charge is 2.33. The molecule has 55 heavy (non-hydrogen) atoms. The summed E-state index contributed by atoms with van der Waals surface area (Å²) in [7, 11) is 3.60.